The zero-order valence-electron chi connectivity index (χ0n) is 4.49. The van der Waals surface area contributed by atoms with Crippen LogP contribution in [0.25, 0.3) is 0 Å². The molecule has 0 amide bonds. The Bertz CT molecular complexity index is 330. The summed E-state index contributed by atoms with van der Waals surface area (Å²) in [6.45, 7) is 0. The van der Waals surface area contributed by atoms with Gasteiger partial charge in [0, 0.05) is 0 Å². The predicted molar refractivity (Wildman–Crippen MR) is 24.7 cm³/mol. The standard InChI is InChI=1S/CHF3O5S2/c2-1(3,4)10(5,6)11(7,8)9/h(H,7,8,9)/p-1. The average Bonchev–Trinajstić information content (AvgIpc) is 1.58. The van der Waals surface area contributed by atoms with E-state index in [0.717, 1.165) is 0 Å². The van der Waals surface area contributed by atoms with Crippen molar-refractivity contribution in [2.45, 2.75) is 5.51 Å². The van der Waals surface area contributed by atoms with E-state index in [9.17, 15) is 34.6 Å². The maximum Gasteiger partial charge on any atom is 0.510 e. The summed E-state index contributed by atoms with van der Waals surface area (Å²) in [5, 5.41) is 0. The molecule has 0 bridgehead atoms. The lowest BCUT2D eigenvalue weighted by molar-refractivity contribution is -0.0414. The molecule has 68 valence electrons. The molecular weight excluding hydrogens is 213 g/mol. The summed E-state index contributed by atoms with van der Waals surface area (Å²) in [4.78, 5) is 0. The summed E-state index contributed by atoms with van der Waals surface area (Å²) in [5.41, 5.74) is -6.05. The van der Waals surface area contributed by atoms with Crippen LogP contribution < -0.4 is 0 Å². The van der Waals surface area contributed by atoms with Gasteiger partial charge in [0.2, 0.25) is 9.15 Å². The summed E-state index contributed by atoms with van der Waals surface area (Å²) < 4.78 is 81.1. The molecule has 0 aliphatic heterocycles. The van der Waals surface area contributed by atoms with Crippen molar-refractivity contribution < 1.29 is 34.6 Å². The van der Waals surface area contributed by atoms with Gasteiger partial charge in [-0.25, -0.2) is 16.8 Å². The third kappa shape index (κ3) is 1.81. The molecule has 11 heavy (non-hydrogen) atoms. The lowest BCUT2D eigenvalue weighted by atomic mass is 11.6. The Balaban J connectivity index is 5.49. The van der Waals surface area contributed by atoms with Crippen LogP contribution in [0.15, 0.2) is 0 Å². The lowest BCUT2D eigenvalue weighted by Gasteiger charge is -2.09. The normalized spacial score (nSPS) is 14.9. The highest BCUT2D eigenvalue weighted by molar-refractivity contribution is 8.65. The predicted octanol–water partition coefficient (Wildman–Crippen LogP) is -0.619. The van der Waals surface area contributed by atoms with E-state index in [2.05, 4.69) is 0 Å². The van der Waals surface area contributed by atoms with E-state index < -0.39 is 23.5 Å². The number of halogens is 3. The number of hydrogen-bond acceptors (Lipinski definition) is 5. The van der Waals surface area contributed by atoms with Crippen LogP contribution in [0.3, 0.4) is 0 Å². The van der Waals surface area contributed by atoms with Gasteiger partial charge in [0.25, 0.3) is 0 Å². The first-order valence-electron chi connectivity index (χ1n) is 1.77. The minimum Gasteiger partial charge on any atom is -0.735 e. The van der Waals surface area contributed by atoms with E-state index in [4.69, 9.17) is 0 Å². The molecule has 0 rings (SSSR count). The van der Waals surface area contributed by atoms with Gasteiger partial charge < -0.3 is 4.55 Å². The molecule has 0 saturated heterocycles. The maximum absolute atomic E-state index is 11.2. The molecule has 0 aromatic heterocycles. The molecule has 0 saturated carbocycles. The van der Waals surface area contributed by atoms with E-state index in [1.807, 2.05) is 0 Å². The second kappa shape index (κ2) is 2.32. The summed E-state index contributed by atoms with van der Waals surface area (Å²) in [7, 11) is -13.0. The Labute approximate surface area is 58.9 Å². The summed E-state index contributed by atoms with van der Waals surface area (Å²) in [6, 6.07) is 0. The third-order valence-corrected chi connectivity index (χ3v) is 3.84. The van der Waals surface area contributed by atoms with Gasteiger partial charge in [-0.1, -0.05) is 0 Å². The van der Waals surface area contributed by atoms with Crippen LogP contribution in [0, 0.1) is 0 Å². The van der Waals surface area contributed by atoms with Crippen molar-refractivity contribution in [3.8, 4) is 0 Å². The fraction of sp³-hybridized carbons (Fsp3) is 1.00. The van der Waals surface area contributed by atoms with Gasteiger partial charge >= 0.3 is 14.4 Å². The van der Waals surface area contributed by atoms with Crippen LogP contribution in [0.2, 0.25) is 0 Å². The Morgan fingerprint density at radius 1 is 1.00 bits per heavy atom. The first-order chi connectivity index (χ1) is 4.50. The SMILES string of the molecule is O=S(=O)([O-])S(=O)(=O)C(F)(F)F. The maximum atomic E-state index is 11.2. The molecule has 0 aromatic carbocycles. The molecule has 0 heterocycles. The van der Waals surface area contributed by atoms with Gasteiger partial charge in [-0.2, -0.15) is 13.2 Å². The van der Waals surface area contributed by atoms with Gasteiger partial charge in [0.1, 0.15) is 0 Å². The number of alkyl halides is 3. The highest BCUT2D eigenvalue weighted by Crippen LogP contribution is 2.26. The fourth-order valence-corrected chi connectivity index (χ4v) is 1.04. The van der Waals surface area contributed by atoms with E-state index in [1.54, 1.807) is 0 Å². The van der Waals surface area contributed by atoms with E-state index in [1.165, 1.54) is 0 Å². The zero-order valence-corrected chi connectivity index (χ0v) is 6.12. The average molecular weight is 213 g/mol. The zero-order chi connectivity index (χ0) is 9.50. The van der Waals surface area contributed by atoms with Gasteiger partial charge in [-0.3, -0.25) is 0 Å². The topological polar surface area (TPSA) is 91.3 Å². The Kier molecular flexibility index (Phi) is 2.24. The highest BCUT2D eigenvalue weighted by Gasteiger charge is 2.50. The largest absolute Gasteiger partial charge is 0.735 e. The molecule has 0 radical (unpaired) electrons. The van der Waals surface area contributed by atoms with Crippen molar-refractivity contribution in [3.05, 3.63) is 0 Å². The second-order valence-electron chi connectivity index (χ2n) is 1.31. The molecule has 0 atom stereocenters. The van der Waals surface area contributed by atoms with Crippen LogP contribution in [0.1, 0.15) is 0 Å². The van der Waals surface area contributed by atoms with E-state index in [-0.39, 0.29) is 0 Å². The second-order valence-corrected chi connectivity index (χ2v) is 6.04. The molecule has 0 fully saturated rings. The molecule has 0 aliphatic carbocycles. The van der Waals surface area contributed by atoms with Crippen molar-refractivity contribution in [3.63, 3.8) is 0 Å². The van der Waals surface area contributed by atoms with Gasteiger partial charge in [-0.15, -0.1) is 0 Å². The summed E-state index contributed by atoms with van der Waals surface area (Å²) in [5.74, 6) is 0. The molecule has 0 N–H and O–H groups in total. The third-order valence-electron chi connectivity index (χ3n) is 0.552. The van der Waals surface area contributed by atoms with E-state index in [0.29, 0.717) is 0 Å². The molecule has 0 aromatic rings. The number of hydrogen-bond donors (Lipinski definition) is 0. The minimum absolute atomic E-state index is 6.05. The van der Waals surface area contributed by atoms with Gasteiger partial charge in [0.05, 0.1) is 0 Å². The summed E-state index contributed by atoms with van der Waals surface area (Å²) >= 11 is 0. The Hall–Kier alpha value is -0.350. The van der Waals surface area contributed by atoms with Gasteiger partial charge in [-0.05, 0) is 0 Å². The smallest absolute Gasteiger partial charge is 0.510 e. The monoisotopic (exact) mass is 213 g/mol. The molecular formula is CF3O5S2-. The first kappa shape index (κ1) is 10.7. The molecule has 10 heteroatoms. The van der Waals surface area contributed by atoms with Crippen molar-refractivity contribution in [2.24, 2.45) is 0 Å². The minimum atomic E-state index is -6.60. The van der Waals surface area contributed by atoms with Crippen molar-refractivity contribution in [1.82, 2.24) is 0 Å². The van der Waals surface area contributed by atoms with Crippen molar-refractivity contribution >= 4 is 18.0 Å². The fourth-order valence-electron chi connectivity index (χ4n) is 0.116. The summed E-state index contributed by atoms with van der Waals surface area (Å²) in [6.07, 6.45) is 0. The quantitative estimate of drug-likeness (QED) is 0.427. The molecule has 0 unspecified atom stereocenters. The van der Waals surface area contributed by atoms with Gasteiger partial charge in [0.15, 0.2) is 0 Å². The van der Waals surface area contributed by atoms with Crippen LogP contribution in [0.5, 0.6) is 0 Å². The van der Waals surface area contributed by atoms with Crippen LogP contribution in [-0.4, -0.2) is 26.9 Å². The lowest BCUT2D eigenvalue weighted by Crippen LogP contribution is -2.30. The van der Waals surface area contributed by atoms with Crippen LogP contribution >= 0.6 is 0 Å². The Morgan fingerprint density at radius 2 is 1.27 bits per heavy atom. The van der Waals surface area contributed by atoms with Crippen LogP contribution in [0.4, 0.5) is 13.2 Å². The molecule has 5 nitrogen and oxygen atoms in total. The Morgan fingerprint density at radius 3 is 1.27 bits per heavy atom. The van der Waals surface area contributed by atoms with Crippen molar-refractivity contribution in [2.75, 3.05) is 0 Å². The number of rotatable bonds is 1. The highest BCUT2D eigenvalue weighted by atomic mass is 33.2. The van der Waals surface area contributed by atoms with Crippen LogP contribution in [-0.2, 0) is 18.0 Å². The molecule has 0 spiro atoms. The van der Waals surface area contributed by atoms with Crippen molar-refractivity contribution in [1.29, 1.82) is 0 Å². The first-order valence-corrected chi connectivity index (χ1v) is 5.18. The molecule has 0 aliphatic rings. The van der Waals surface area contributed by atoms with E-state index >= 15 is 0 Å².